The Hall–Kier alpha value is -2.72. The van der Waals surface area contributed by atoms with E-state index in [9.17, 15) is 16.8 Å². The van der Waals surface area contributed by atoms with E-state index in [1.54, 1.807) is 36.4 Å². The van der Waals surface area contributed by atoms with E-state index in [0.717, 1.165) is 6.42 Å². The lowest BCUT2D eigenvalue weighted by atomic mass is 9.71. The van der Waals surface area contributed by atoms with Gasteiger partial charge in [0.25, 0.3) is 20.0 Å². The maximum absolute atomic E-state index is 12.6. The van der Waals surface area contributed by atoms with Gasteiger partial charge in [0.1, 0.15) is 0 Å². The summed E-state index contributed by atoms with van der Waals surface area (Å²) in [4.78, 5) is 4.72. The van der Waals surface area contributed by atoms with Crippen LogP contribution in [0.3, 0.4) is 0 Å². The molecule has 0 amide bonds. The standard InChI is InChI=1S/C22H28N4O4S2/c1-22(2,3)17-14-15-20(23-25-31(27,28)18-10-6-4-7-11-18)21(16-17)24-26-32(29,30)19-12-8-5-9-13-19/h4-13,17,25-26H,14-16H2,1-3H3/b23-20+,24-21-. The summed E-state index contributed by atoms with van der Waals surface area (Å²) in [7, 11) is -7.70. The average Bonchev–Trinajstić information content (AvgIpc) is 2.77. The van der Waals surface area contributed by atoms with Crippen LogP contribution in [-0.2, 0) is 20.0 Å². The molecule has 0 aliphatic heterocycles. The summed E-state index contributed by atoms with van der Waals surface area (Å²) < 4.78 is 50.3. The summed E-state index contributed by atoms with van der Waals surface area (Å²) in [5.74, 6) is 0.243. The molecule has 1 fully saturated rings. The Balaban J connectivity index is 1.88. The summed E-state index contributed by atoms with van der Waals surface area (Å²) in [5.41, 5.74) is 0.820. The third-order valence-electron chi connectivity index (χ3n) is 5.44. The first kappa shape index (κ1) is 23.9. The van der Waals surface area contributed by atoms with Gasteiger partial charge < -0.3 is 0 Å². The molecule has 0 saturated heterocycles. The summed E-state index contributed by atoms with van der Waals surface area (Å²) in [5, 5.41) is 8.28. The molecule has 2 aromatic carbocycles. The minimum absolute atomic E-state index is 0.0197. The Kier molecular flexibility index (Phi) is 7.04. The van der Waals surface area contributed by atoms with Gasteiger partial charge in [0.2, 0.25) is 0 Å². The molecule has 0 heterocycles. The number of benzene rings is 2. The lowest BCUT2D eigenvalue weighted by molar-refractivity contribution is 0.232. The molecule has 1 unspecified atom stereocenters. The molecule has 2 N–H and O–H groups in total. The number of nitrogens with one attached hydrogen (secondary N) is 2. The van der Waals surface area contributed by atoms with Gasteiger partial charge in [-0.05, 0) is 54.9 Å². The number of hydrazone groups is 2. The van der Waals surface area contributed by atoms with Crippen molar-refractivity contribution in [2.24, 2.45) is 21.5 Å². The normalized spacial score (nSPS) is 20.3. The van der Waals surface area contributed by atoms with Crippen LogP contribution in [0, 0.1) is 11.3 Å². The van der Waals surface area contributed by atoms with E-state index in [1.165, 1.54) is 24.3 Å². The van der Waals surface area contributed by atoms with Crippen LogP contribution in [-0.4, -0.2) is 28.3 Å². The number of rotatable bonds is 6. The van der Waals surface area contributed by atoms with Gasteiger partial charge in [0.15, 0.2) is 0 Å². The van der Waals surface area contributed by atoms with Gasteiger partial charge in [-0.1, -0.05) is 57.2 Å². The van der Waals surface area contributed by atoms with Crippen molar-refractivity contribution in [3.8, 4) is 0 Å². The molecule has 172 valence electrons. The number of sulfonamides is 2. The number of hydrogen-bond acceptors (Lipinski definition) is 6. The molecule has 1 atom stereocenters. The van der Waals surface area contributed by atoms with Gasteiger partial charge in [-0.3, -0.25) is 0 Å². The smallest absolute Gasteiger partial charge is 0.200 e. The summed E-state index contributed by atoms with van der Waals surface area (Å²) in [6.07, 6.45) is 1.75. The lowest BCUT2D eigenvalue weighted by Gasteiger charge is -2.34. The number of nitrogens with zero attached hydrogens (tertiary/aromatic N) is 2. The fourth-order valence-electron chi connectivity index (χ4n) is 3.41. The first-order valence-corrected chi connectivity index (χ1v) is 13.2. The van der Waals surface area contributed by atoms with Gasteiger partial charge in [0, 0.05) is 0 Å². The van der Waals surface area contributed by atoms with Crippen LogP contribution in [0.15, 0.2) is 80.7 Å². The van der Waals surface area contributed by atoms with Gasteiger partial charge in [-0.2, -0.15) is 36.7 Å². The third-order valence-corrected chi connectivity index (χ3v) is 7.88. The van der Waals surface area contributed by atoms with Crippen LogP contribution < -0.4 is 9.66 Å². The Morgan fingerprint density at radius 1 is 0.750 bits per heavy atom. The molecule has 2 aromatic rings. The Labute approximate surface area is 189 Å². The first-order valence-electron chi connectivity index (χ1n) is 10.3. The van der Waals surface area contributed by atoms with E-state index in [4.69, 9.17) is 0 Å². The zero-order valence-corrected chi connectivity index (χ0v) is 19.9. The van der Waals surface area contributed by atoms with Crippen LogP contribution in [0.4, 0.5) is 0 Å². The van der Waals surface area contributed by atoms with Crippen LogP contribution in [0.25, 0.3) is 0 Å². The quantitative estimate of drug-likeness (QED) is 0.621. The molecule has 0 radical (unpaired) electrons. The molecule has 0 aromatic heterocycles. The van der Waals surface area contributed by atoms with Gasteiger partial charge >= 0.3 is 0 Å². The highest BCUT2D eigenvalue weighted by atomic mass is 32.2. The highest BCUT2D eigenvalue weighted by Gasteiger charge is 2.32. The van der Waals surface area contributed by atoms with Gasteiger partial charge in [0.05, 0.1) is 21.2 Å². The topological polar surface area (TPSA) is 117 Å². The fraction of sp³-hybridized carbons (Fsp3) is 0.364. The molecule has 10 heteroatoms. The molecular weight excluding hydrogens is 448 g/mol. The van der Waals surface area contributed by atoms with Gasteiger partial charge in [-0.25, -0.2) is 0 Å². The largest absolute Gasteiger partial charge is 0.276 e. The van der Waals surface area contributed by atoms with E-state index >= 15 is 0 Å². The Bertz CT molecular complexity index is 1200. The predicted octanol–water partition coefficient (Wildman–Crippen LogP) is 3.50. The number of hydrogen-bond donors (Lipinski definition) is 2. The molecule has 1 saturated carbocycles. The molecule has 8 nitrogen and oxygen atoms in total. The first-order chi connectivity index (χ1) is 15.0. The zero-order valence-electron chi connectivity index (χ0n) is 18.3. The van der Waals surface area contributed by atoms with Crippen LogP contribution >= 0.6 is 0 Å². The SMILES string of the molecule is CC(C)(C)C1CCC(=N\NS(=O)(=O)c2ccccc2)/C(=N\NS(=O)(=O)c2ccccc2)C1. The molecule has 1 aliphatic rings. The average molecular weight is 477 g/mol. The van der Waals surface area contributed by atoms with Gasteiger partial charge in [-0.15, -0.1) is 0 Å². The Morgan fingerprint density at radius 2 is 1.19 bits per heavy atom. The highest BCUT2D eigenvalue weighted by Crippen LogP contribution is 2.36. The van der Waals surface area contributed by atoms with Crippen LogP contribution in [0.1, 0.15) is 40.0 Å². The third kappa shape index (κ3) is 5.95. The molecule has 1 aliphatic carbocycles. The van der Waals surface area contributed by atoms with Crippen LogP contribution in [0.2, 0.25) is 0 Å². The van der Waals surface area contributed by atoms with E-state index < -0.39 is 20.0 Å². The maximum atomic E-state index is 12.6. The van der Waals surface area contributed by atoms with Crippen molar-refractivity contribution >= 4 is 31.5 Å². The van der Waals surface area contributed by atoms with Crippen LogP contribution in [0.5, 0.6) is 0 Å². The second kappa shape index (κ2) is 9.41. The second-order valence-electron chi connectivity index (χ2n) is 8.74. The fourth-order valence-corrected chi connectivity index (χ4v) is 5.12. The maximum Gasteiger partial charge on any atom is 0.276 e. The minimum Gasteiger partial charge on any atom is -0.200 e. The molecule has 0 spiro atoms. The second-order valence-corrected chi connectivity index (χ2v) is 12.1. The van der Waals surface area contributed by atoms with Crippen molar-refractivity contribution in [3.05, 3.63) is 60.7 Å². The monoisotopic (exact) mass is 476 g/mol. The zero-order chi connectivity index (χ0) is 23.4. The summed E-state index contributed by atoms with van der Waals surface area (Å²) >= 11 is 0. The van der Waals surface area contributed by atoms with Crippen molar-refractivity contribution in [2.75, 3.05) is 0 Å². The molecular formula is C22H28N4O4S2. The van der Waals surface area contributed by atoms with E-state index in [2.05, 4.69) is 40.6 Å². The summed E-state index contributed by atoms with van der Waals surface area (Å²) in [6, 6.07) is 15.9. The van der Waals surface area contributed by atoms with Crippen molar-refractivity contribution in [1.82, 2.24) is 9.66 Å². The lowest BCUT2D eigenvalue weighted by Crippen LogP contribution is -2.35. The predicted molar refractivity (Wildman–Crippen MR) is 125 cm³/mol. The highest BCUT2D eigenvalue weighted by molar-refractivity contribution is 7.89. The van der Waals surface area contributed by atoms with Crippen molar-refractivity contribution in [3.63, 3.8) is 0 Å². The molecule has 32 heavy (non-hydrogen) atoms. The Morgan fingerprint density at radius 3 is 1.62 bits per heavy atom. The van der Waals surface area contributed by atoms with E-state index in [-0.39, 0.29) is 21.1 Å². The molecule has 3 rings (SSSR count). The van der Waals surface area contributed by atoms with Crippen molar-refractivity contribution in [2.45, 2.75) is 49.8 Å². The minimum atomic E-state index is -3.85. The summed E-state index contributed by atoms with van der Waals surface area (Å²) in [6.45, 7) is 6.34. The van der Waals surface area contributed by atoms with Crippen molar-refractivity contribution in [1.29, 1.82) is 0 Å². The van der Waals surface area contributed by atoms with E-state index in [0.29, 0.717) is 24.3 Å². The van der Waals surface area contributed by atoms with Crippen molar-refractivity contribution < 1.29 is 16.8 Å². The molecule has 0 bridgehead atoms. The van der Waals surface area contributed by atoms with E-state index in [1.807, 2.05) is 0 Å².